The number of nitrogens with one attached hydrogen (secondary N) is 4. The van der Waals surface area contributed by atoms with Crippen LogP contribution in [0.25, 0.3) is 0 Å². The van der Waals surface area contributed by atoms with E-state index in [1.807, 2.05) is 26.0 Å². The highest BCUT2D eigenvalue weighted by molar-refractivity contribution is 5.89. The number of hydrogen-bond donors (Lipinski definition) is 4. The molecular weight excluding hydrogens is 347 g/mol. The summed E-state index contributed by atoms with van der Waals surface area (Å²) in [6.07, 6.45) is 0. The van der Waals surface area contributed by atoms with Crippen molar-refractivity contribution in [3.63, 3.8) is 0 Å². The number of aryl methyl sites for hydroxylation is 1. The number of amides is 4. The highest BCUT2D eigenvalue weighted by Crippen LogP contribution is 2.10. The Hall–Kier alpha value is -3.09. The van der Waals surface area contributed by atoms with Crippen LogP contribution < -0.4 is 21.3 Å². The summed E-state index contributed by atoms with van der Waals surface area (Å²) >= 11 is 0. The standard InChI is InChI=1S/C20H25FN4O2/c1-13(2)24-20(27)25-17-8-6-15(7-9-17)11-22-19(26)23-12-16-5-4-14(3)18(21)10-16/h4-10,13H,11-12H2,1-3H3,(H2,22,23,26)(H2,24,25,27). The Bertz CT molecular complexity index is 791. The normalized spacial score (nSPS) is 10.4. The number of carbonyl (C=O) groups excluding carboxylic acids is 2. The molecule has 4 amide bonds. The van der Waals surface area contributed by atoms with Gasteiger partial charge in [0.2, 0.25) is 0 Å². The van der Waals surface area contributed by atoms with E-state index >= 15 is 0 Å². The topological polar surface area (TPSA) is 82.3 Å². The predicted octanol–water partition coefficient (Wildman–Crippen LogP) is 3.66. The molecule has 0 aromatic heterocycles. The number of halogens is 1. The molecule has 0 aliphatic carbocycles. The third kappa shape index (κ3) is 6.97. The highest BCUT2D eigenvalue weighted by Gasteiger charge is 2.05. The fourth-order valence-electron chi connectivity index (χ4n) is 2.31. The molecule has 0 fully saturated rings. The van der Waals surface area contributed by atoms with E-state index in [9.17, 15) is 14.0 Å². The Labute approximate surface area is 158 Å². The van der Waals surface area contributed by atoms with E-state index in [4.69, 9.17) is 0 Å². The predicted molar refractivity (Wildman–Crippen MR) is 104 cm³/mol. The molecule has 7 heteroatoms. The summed E-state index contributed by atoms with van der Waals surface area (Å²) in [5, 5.41) is 10.9. The maximum absolute atomic E-state index is 13.5. The molecule has 4 N–H and O–H groups in total. The second-order valence-electron chi connectivity index (χ2n) is 6.57. The van der Waals surface area contributed by atoms with E-state index in [-0.39, 0.29) is 30.5 Å². The lowest BCUT2D eigenvalue weighted by atomic mass is 10.1. The van der Waals surface area contributed by atoms with Crippen LogP contribution in [0.15, 0.2) is 42.5 Å². The minimum Gasteiger partial charge on any atom is -0.336 e. The molecule has 0 unspecified atom stereocenters. The molecule has 2 aromatic carbocycles. The molecule has 0 radical (unpaired) electrons. The third-order valence-corrected chi connectivity index (χ3v) is 3.77. The molecule has 2 aromatic rings. The van der Waals surface area contributed by atoms with Crippen LogP contribution in [0, 0.1) is 12.7 Å². The van der Waals surface area contributed by atoms with Gasteiger partial charge in [-0.2, -0.15) is 0 Å². The molecule has 0 bridgehead atoms. The summed E-state index contributed by atoms with van der Waals surface area (Å²) in [5.74, 6) is -0.287. The van der Waals surface area contributed by atoms with Gasteiger partial charge < -0.3 is 21.3 Å². The quantitative estimate of drug-likeness (QED) is 0.624. The van der Waals surface area contributed by atoms with E-state index in [2.05, 4.69) is 21.3 Å². The van der Waals surface area contributed by atoms with Crippen LogP contribution in [0.1, 0.15) is 30.5 Å². The summed E-state index contributed by atoms with van der Waals surface area (Å²) in [6.45, 7) is 6.05. The Morgan fingerprint density at radius 3 is 2.11 bits per heavy atom. The van der Waals surface area contributed by atoms with Gasteiger partial charge in [-0.1, -0.05) is 24.3 Å². The molecule has 0 heterocycles. The van der Waals surface area contributed by atoms with Crippen molar-refractivity contribution in [3.8, 4) is 0 Å². The van der Waals surface area contributed by atoms with E-state index in [1.54, 1.807) is 31.2 Å². The van der Waals surface area contributed by atoms with Crippen molar-refractivity contribution in [3.05, 3.63) is 65.0 Å². The molecule has 0 aliphatic heterocycles. The van der Waals surface area contributed by atoms with E-state index in [0.717, 1.165) is 5.56 Å². The number of rotatable bonds is 6. The first-order valence-electron chi connectivity index (χ1n) is 8.76. The van der Waals surface area contributed by atoms with Crippen molar-refractivity contribution < 1.29 is 14.0 Å². The van der Waals surface area contributed by atoms with Crippen molar-refractivity contribution in [1.29, 1.82) is 0 Å². The fraction of sp³-hybridized carbons (Fsp3) is 0.300. The molecule has 27 heavy (non-hydrogen) atoms. The smallest absolute Gasteiger partial charge is 0.319 e. The van der Waals surface area contributed by atoms with Gasteiger partial charge in [0.15, 0.2) is 0 Å². The summed E-state index contributed by atoms with van der Waals surface area (Å²) in [5.41, 5.74) is 2.83. The van der Waals surface area contributed by atoms with Crippen LogP contribution in [-0.2, 0) is 13.1 Å². The molecule has 0 saturated heterocycles. The zero-order valence-electron chi connectivity index (χ0n) is 15.7. The summed E-state index contributed by atoms with van der Waals surface area (Å²) in [7, 11) is 0. The van der Waals surface area contributed by atoms with Crippen LogP contribution in [-0.4, -0.2) is 18.1 Å². The van der Waals surface area contributed by atoms with Crippen molar-refractivity contribution in [2.24, 2.45) is 0 Å². The van der Waals surface area contributed by atoms with E-state index in [1.165, 1.54) is 6.07 Å². The molecule has 6 nitrogen and oxygen atoms in total. The summed E-state index contributed by atoms with van der Waals surface area (Å²) in [4.78, 5) is 23.5. The van der Waals surface area contributed by atoms with Gasteiger partial charge in [-0.05, 0) is 55.7 Å². The average molecular weight is 372 g/mol. The summed E-state index contributed by atoms with van der Waals surface area (Å²) in [6, 6.07) is 11.5. The third-order valence-electron chi connectivity index (χ3n) is 3.77. The summed E-state index contributed by atoms with van der Waals surface area (Å²) < 4.78 is 13.5. The lowest BCUT2D eigenvalue weighted by Gasteiger charge is -2.11. The average Bonchev–Trinajstić information content (AvgIpc) is 2.61. The van der Waals surface area contributed by atoms with Gasteiger partial charge in [-0.15, -0.1) is 0 Å². The number of anilines is 1. The first-order chi connectivity index (χ1) is 12.8. The Balaban J connectivity index is 1.76. The zero-order chi connectivity index (χ0) is 19.8. The maximum Gasteiger partial charge on any atom is 0.319 e. The van der Waals surface area contributed by atoms with E-state index in [0.29, 0.717) is 23.4 Å². The largest absolute Gasteiger partial charge is 0.336 e. The van der Waals surface area contributed by atoms with Crippen molar-refractivity contribution in [1.82, 2.24) is 16.0 Å². The molecule has 0 aliphatic rings. The second kappa shape index (κ2) is 9.56. The van der Waals surface area contributed by atoms with Gasteiger partial charge in [0.25, 0.3) is 0 Å². The van der Waals surface area contributed by atoms with Crippen LogP contribution in [0.3, 0.4) is 0 Å². The Kier molecular flexibility index (Phi) is 7.16. The van der Waals surface area contributed by atoms with Crippen molar-refractivity contribution in [2.45, 2.75) is 39.9 Å². The van der Waals surface area contributed by atoms with Gasteiger partial charge >= 0.3 is 12.1 Å². The van der Waals surface area contributed by atoms with Crippen molar-refractivity contribution >= 4 is 17.7 Å². The van der Waals surface area contributed by atoms with Gasteiger partial charge in [-0.25, -0.2) is 14.0 Å². The number of carbonyl (C=O) groups is 2. The SMILES string of the molecule is Cc1ccc(CNC(=O)NCc2ccc(NC(=O)NC(C)C)cc2)cc1F. The molecule has 0 atom stereocenters. The Morgan fingerprint density at radius 2 is 1.52 bits per heavy atom. The zero-order valence-corrected chi connectivity index (χ0v) is 15.7. The molecule has 2 rings (SSSR count). The maximum atomic E-state index is 13.5. The lowest BCUT2D eigenvalue weighted by molar-refractivity contribution is 0.240. The van der Waals surface area contributed by atoms with E-state index < -0.39 is 0 Å². The van der Waals surface area contributed by atoms with Crippen molar-refractivity contribution in [2.75, 3.05) is 5.32 Å². The number of benzene rings is 2. The van der Waals surface area contributed by atoms with Crippen LogP contribution in [0.5, 0.6) is 0 Å². The molecule has 0 spiro atoms. The minimum absolute atomic E-state index is 0.0587. The first kappa shape index (κ1) is 20.2. The molecule has 144 valence electrons. The molecular formula is C20H25FN4O2. The van der Waals surface area contributed by atoms with Crippen LogP contribution in [0.4, 0.5) is 19.7 Å². The lowest BCUT2D eigenvalue weighted by Crippen LogP contribution is -2.34. The van der Waals surface area contributed by atoms with Gasteiger partial charge in [-0.3, -0.25) is 0 Å². The van der Waals surface area contributed by atoms with Gasteiger partial charge in [0, 0.05) is 24.8 Å². The monoisotopic (exact) mass is 372 g/mol. The van der Waals surface area contributed by atoms with Gasteiger partial charge in [0.05, 0.1) is 0 Å². The van der Waals surface area contributed by atoms with Crippen LogP contribution in [0.2, 0.25) is 0 Å². The molecule has 0 saturated carbocycles. The fourth-order valence-corrected chi connectivity index (χ4v) is 2.31. The Morgan fingerprint density at radius 1 is 0.926 bits per heavy atom. The number of hydrogen-bond acceptors (Lipinski definition) is 2. The highest BCUT2D eigenvalue weighted by atomic mass is 19.1. The second-order valence-corrected chi connectivity index (χ2v) is 6.57. The van der Waals surface area contributed by atoms with Gasteiger partial charge in [0.1, 0.15) is 5.82 Å². The first-order valence-corrected chi connectivity index (χ1v) is 8.76. The minimum atomic E-state index is -0.338. The number of urea groups is 2. The van der Waals surface area contributed by atoms with Crippen LogP contribution >= 0.6 is 0 Å².